The number of rotatable bonds is 4. The summed E-state index contributed by atoms with van der Waals surface area (Å²) in [5, 5.41) is 0.492. The molecule has 15 heavy (non-hydrogen) atoms. The van der Waals surface area contributed by atoms with Gasteiger partial charge < -0.3 is 0 Å². The fraction of sp³-hybridized carbons (Fsp3) is 0.857. The first kappa shape index (κ1) is 15.0. The van der Waals surface area contributed by atoms with Gasteiger partial charge in [-0.2, -0.15) is 0 Å². The van der Waals surface area contributed by atoms with E-state index in [1.165, 1.54) is 6.42 Å². The summed E-state index contributed by atoms with van der Waals surface area (Å²) in [4.78, 5) is 0. The first-order chi connectivity index (χ1) is 6.63. The molecule has 0 saturated carbocycles. The zero-order valence-electron chi connectivity index (χ0n) is 12.0. The van der Waals surface area contributed by atoms with Gasteiger partial charge in [-0.15, -0.1) is 0 Å². The molecule has 0 aliphatic heterocycles. The van der Waals surface area contributed by atoms with Gasteiger partial charge in [-0.05, 0) is 29.8 Å². The van der Waals surface area contributed by atoms with Crippen molar-refractivity contribution in [2.24, 2.45) is 5.92 Å². The van der Waals surface area contributed by atoms with Gasteiger partial charge in [0, 0.05) is 0 Å². The van der Waals surface area contributed by atoms with E-state index in [1.807, 2.05) is 0 Å². The minimum atomic E-state index is -1.20. The summed E-state index contributed by atoms with van der Waals surface area (Å²) in [6.45, 7) is 19.1. The highest BCUT2D eigenvalue weighted by Gasteiger charge is 2.40. The van der Waals surface area contributed by atoms with Gasteiger partial charge in [-0.25, -0.2) is 0 Å². The molecule has 0 aromatic rings. The molecule has 0 rings (SSSR count). The van der Waals surface area contributed by atoms with Crippen LogP contribution in [0.3, 0.4) is 0 Å². The molecule has 0 aliphatic rings. The lowest BCUT2D eigenvalue weighted by Crippen LogP contribution is -2.42. The molecule has 0 saturated heterocycles. The van der Waals surface area contributed by atoms with Crippen molar-refractivity contribution < 1.29 is 0 Å². The van der Waals surface area contributed by atoms with E-state index in [1.54, 1.807) is 0 Å². The van der Waals surface area contributed by atoms with Gasteiger partial charge >= 0.3 is 0 Å². The SMILES string of the molecule is C/C=C\[C@@H](CC(C)C)[Si](C)(C)C(C)(C)C. The third kappa shape index (κ3) is 4.14. The summed E-state index contributed by atoms with van der Waals surface area (Å²) in [6.07, 6.45) is 6.05. The normalized spacial score (nSPS) is 16.3. The molecule has 0 spiro atoms. The second-order valence-electron chi connectivity index (χ2n) is 6.73. The second kappa shape index (κ2) is 5.34. The van der Waals surface area contributed by atoms with Crippen LogP contribution in [0, 0.1) is 5.92 Å². The van der Waals surface area contributed by atoms with Gasteiger partial charge in [-0.1, -0.05) is 59.9 Å². The Morgan fingerprint density at radius 2 is 1.60 bits per heavy atom. The van der Waals surface area contributed by atoms with Crippen LogP contribution >= 0.6 is 0 Å². The highest BCUT2D eigenvalue weighted by molar-refractivity contribution is 6.81. The molecule has 0 aromatic carbocycles. The minimum absolute atomic E-state index is 0.492. The molecule has 90 valence electrons. The fourth-order valence-electron chi connectivity index (χ4n) is 1.91. The van der Waals surface area contributed by atoms with Crippen molar-refractivity contribution in [2.75, 3.05) is 0 Å². The van der Waals surface area contributed by atoms with E-state index in [0.29, 0.717) is 5.04 Å². The molecule has 0 unspecified atom stereocenters. The predicted octanol–water partition coefficient (Wildman–Crippen LogP) is 5.49. The van der Waals surface area contributed by atoms with Crippen LogP contribution in [0.25, 0.3) is 0 Å². The quantitative estimate of drug-likeness (QED) is 0.439. The van der Waals surface area contributed by atoms with Gasteiger partial charge in [0.15, 0.2) is 0 Å². The average molecular weight is 226 g/mol. The largest absolute Gasteiger partial charge is 0.0917 e. The molecule has 0 heterocycles. The molecule has 1 heteroatoms. The van der Waals surface area contributed by atoms with E-state index in [4.69, 9.17) is 0 Å². The van der Waals surface area contributed by atoms with Gasteiger partial charge in [0.2, 0.25) is 0 Å². The van der Waals surface area contributed by atoms with Crippen LogP contribution in [-0.4, -0.2) is 8.07 Å². The van der Waals surface area contributed by atoms with Crippen LogP contribution in [0.1, 0.15) is 48.0 Å². The standard InChI is InChI=1S/C14H30Si/c1-9-10-13(11-12(2)3)15(7,8)14(4,5)6/h9-10,12-13H,11H2,1-8H3/b10-9-/t13-/m0/s1. The third-order valence-corrected chi connectivity index (χ3v) is 10.2. The van der Waals surface area contributed by atoms with Crippen molar-refractivity contribution in [3.8, 4) is 0 Å². The number of hydrogen-bond donors (Lipinski definition) is 0. The van der Waals surface area contributed by atoms with Crippen LogP contribution in [0.2, 0.25) is 23.7 Å². The topological polar surface area (TPSA) is 0 Å². The Hall–Kier alpha value is -0.0431. The van der Waals surface area contributed by atoms with Crippen molar-refractivity contribution in [1.29, 1.82) is 0 Å². The molecule has 0 bridgehead atoms. The van der Waals surface area contributed by atoms with Gasteiger partial charge in [0.05, 0.1) is 8.07 Å². The van der Waals surface area contributed by atoms with Gasteiger partial charge in [0.25, 0.3) is 0 Å². The molecule has 1 atom stereocenters. The Morgan fingerprint density at radius 1 is 1.13 bits per heavy atom. The van der Waals surface area contributed by atoms with Gasteiger partial charge in [0.1, 0.15) is 0 Å². The summed E-state index contributed by atoms with van der Waals surface area (Å²) in [7, 11) is -1.20. The van der Waals surface area contributed by atoms with E-state index >= 15 is 0 Å². The van der Waals surface area contributed by atoms with Crippen LogP contribution < -0.4 is 0 Å². The summed E-state index contributed by atoms with van der Waals surface area (Å²) in [5.74, 6) is 0.806. The maximum atomic E-state index is 2.54. The molecule has 0 radical (unpaired) electrons. The molecule has 0 fully saturated rings. The first-order valence-electron chi connectivity index (χ1n) is 6.25. The van der Waals surface area contributed by atoms with Crippen LogP contribution in [-0.2, 0) is 0 Å². The van der Waals surface area contributed by atoms with Gasteiger partial charge in [-0.3, -0.25) is 0 Å². The zero-order valence-corrected chi connectivity index (χ0v) is 13.0. The molecule has 0 aromatic heterocycles. The highest BCUT2D eigenvalue weighted by Crippen LogP contribution is 2.46. The Balaban J connectivity index is 4.90. The predicted molar refractivity (Wildman–Crippen MR) is 75.2 cm³/mol. The summed E-state index contributed by atoms with van der Waals surface area (Å²) >= 11 is 0. The van der Waals surface area contributed by atoms with Crippen molar-refractivity contribution in [3.05, 3.63) is 12.2 Å². The monoisotopic (exact) mass is 226 g/mol. The van der Waals surface area contributed by atoms with Crippen molar-refractivity contribution in [3.63, 3.8) is 0 Å². The minimum Gasteiger partial charge on any atom is -0.0917 e. The molecule has 0 amide bonds. The first-order valence-corrected chi connectivity index (χ1v) is 9.33. The van der Waals surface area contributed by atoms with E-state index in [9.17, 15) is 0 Å². The van der Waals surface area contributed by atoms with E-state index in [2.05, 4.69) is 66.8 Å². The van der Waals surface area contributed by atoms with Crippen molar-refractivity contribution in [1.82, 2.24) is 0 Å². The zero-order chi connectivity index (χ0) is 12.3. The van der Waals surface area contributed by atoms with Crippen LogP contribution in [0.15, 0.2) is 12.2 Å². The molecule has 0 N–H and O–H groups in total. The summed E-state index contributed by atoms with van der Waals surface area (Å²) < 4.78 is 0. The molecular weight excluding hydrogens is 196 g/mol. The van der Waals surface area contributed by atoms with E-state index < -0.39 is 8.07 Å². The maximum absolute atomic E-state index is 2.54. The molecule has 0 nitrogen and oxygen atoms in total. The lowest BCUT2D eigenvalue weighted by atomic mass is 10.1. The van der Waals surface area contributed by atoms with Crippen LogP contribution in [0.4, 0.5) is 0 Å². The highest BCUT2D eigenvalue weighted by atomic mass is 28.3. The molecule has 0 aliphatic carbocycles. The lowest BCUT2D eigenvalue weighted by Gasteiger charge is -2.43. The fourth-order valence-corrected chi connectivity index (χ4v) is 4.76. The van der Waals surface area contributed by atoms with E-state index in [-0.39, 0.29) is 0 Å². The smallest absolute Gasteiger partial charge is 0.0597 e. The second-order valence-corrected chi connectivity index (χ2v) is 12.4. The third-order valence-electron chi connectivity index (χ3n) is 4.01. The van der Waals surface area contributed by atoms with Crippen molar-refractivity contribution >= 4 is 8.07 Å². The Morgan fingerprint density at radius 3 is 1.87 bits per heavy atom. The number of hydrogen-bond acceptors (Lipinski definition) is 0. The van der Waals surface area contributed by atoms with Crippen LogP contribution in [0.5, 0.6) is 0 Å². The van der Waals surface area contributed by atoms with Crippen molar-refractivity contribution in [2.45, 2.75) is 71.6 Å². The van der Waals surface area contributed by atoms with E-state index in [0.717, 1.165) is 11.5 Å². The lowest BCUT2D eigenvalue weighted by molar-refractivity contribution is 0.569. The Kier molecular flexibility index (Phi) is 5.32. The Bertz CT molecular complexity index is 206. The Labute approximate surface area is 98.2 Å². The number of allylic oxidation sites excluding steroid dienone is 2. The molecular formula is C14H30Si. The summed E-state index contributed by atoms with van der Waals surface area (Å²) in [6, 6.07) is 0. The maximum Gasteiger partial charge on any atom is 0.0597 e. The summed E-state index contributed by atoms with van der Waals surface area (Å²) in [5.41, 5.74) is 0.822. The average Bonchev–Trinajstić information content (AvgIpc) is 2.00.